The molecule has 0 saturated heterocycles. The van der Waals surface area contributed by atoms with Crippen molar-refractivity contribution in [3.63, 3.8) is 0 Å². The zero-order chi connectivity index (χ0) is 24.7. The van der Waals surface area contributed by atoms with Crippen LogP contribution in [-0.2, 0) is 20.4 Å². The first kappa shape index (κ1) is 24.9. The molecule has 0 fully saturated rings. The van der Waals surface area contributed by atoms with Crippen LogP contribution in [0.1, 0.15) is 58.2 Å². The number of fused-ring (bicyclic) bond motifs is 1. The minimum absolute atomic E-state index is 0.0171. The van der Waals surface area contributed by atoms with Gasteiger partial charge in [-0.25, -0.2) is 0 Å². The fraction of sp³-hybridized carbons (Fsp3) is 0.407. The van der Waals surface area contributed by atoms with Gasteiger partial charge in [0.2, 0.25) is 5.91 Å². The average molecular weight is 467 g/mol. The lowest BCUT2D eigenvalue weighted by Crippen LogP contribution is -2.42. The van der Waals surface area contributed by atoms with Crippen molar-refractivity contribution in [1.82, 2.24) is 4.90 Å². The SMILES string of the molecule is CN(C)C(=O)CN1C(=O)C(=Cc2cc(C(C)(C)C)c(O)c(C(C)(C)C)c2)Sc2ccccc21. The van der Waals surface area contributed by atoms with Crippen molar-refractivity contribution in [3.05, 3.63) is 58.0 Å². The van der Waals surface area contributed by atoms with Gasteiger partial charge in [0.15, 0.2) is 0 Å². The van der Waals surface area contributed by atoms with Gasteiger partial charge in [-0.05, 0) is 46.7 Å². The summed E-state index contributed by atoms with van der Waals surface area (Å²) in [5.74, 6) is -0.0287. The van der Waals surface area contributed by atoms with Gasteiger partial charge >= 0.3 is 0 Å². The Morgan fingerprint density at radius 1 is 1.03 bits per heavy atom. The van der Waals surface area contributed by atoms with Gasteiger partial charge in [0.1, 0.15) is 12.3 Å². The van der Waals surface area contributed by atoms with Crippen molar-refractivity contribution in [2.45, 2.75) is 57.3 Å². The van der Waals surface area contributed by atoms with Crippen molar-refractivity contribution >= 4 is 35.3 Å². The van der Waals surface area contributed by atoms with Gasteiger partial charge in [-0.3, -0.25) is 14.5 Å². The maximum Gasteiger partial charge on any atom is 0.265 e. The predicted octanol–water partition coefficient (Wildman–Crippen LogP) is 5.56. The topological polar surface area (TPSA) is 60.9 Å². The van der Waals surface area contributed by atoms with Gasteiger partial charge in [0, 0.05) is 30.1 Å². The third kappa shape index (κ3) is 5.27. The van der Waals surface area contributed by atoms with E-state index in [2.05, 4.69) is 41.5 Å². The molecule has 0 unspecified atom stereocenters. The molecule has 0 radical (unpaired) electrons. The van der Waals surface area contributed by atoms with E-state index in [1.54, 1.807) is 19.0 Å². The number of phenolic OH excluding ortho intramolecular Hbond substituents is 1. The lowest BCUT2D eigenvalue weighted by Gasteiger charge is -2.31. The Morgan fingerprint density at radius 3 is 2.09 bits per heavy atom. The summed E-state index contributed by atoms with van der Waals surface area (Å²) in [6.07, 6.45) is 1.87. The number of likely N-dealkylation sites (N-methyl/N-ethyl adjacent to an activating group) is 1. The van der Waals surface area contributed by atoms with Gasteiger partial charge in [-0.2, -0.15) is 0 Å². The summed E-state index contributed by atoms with van der Waals surface area (Å²) in [6, 6.07) is 11.6. The monoisotopic (exact) mass is 466 g/mol. The molecule has 1 aliphatic rings. The number of thioether (sulfide) groups is 1. The summed E-state index contributed by atoms with van der Waals surface area (Å²) in [5.41, 5.74) is 2.76. The number of anilines is 1. The number of hydrogen-bond donors (Lipinski definition) is 1. The molecule has 0 aromatic heterocycles. The first-order valence-corrected chi connectivity index (χ1v) is 11.9. The van der Waals surface area contributed by atoms with Crippen molar-refractivity contribution in [2.75, 3.05) is 25.5 Å². The maximum absolute atomic E-state index is 13.5. The first-order valence-electron chi connectivity index (χ1n) is 11.1. The van der Waals surface area contributed by atoms with Gasteiger partial charge in [0.05, 0.1) is 10.6 Å². The Balaban J connectivity index is 2.14. The lowest BCUT2D eigenvalue weighted by atomic mass is 9.78. The van der Waals surface area contributed by atoms with Crippen LogP contribution in [0.15, 0.2) is 46.2 Å². The molecule has 1 aliphatic heterocycles. The fourth-order valence-corrected chi connectivity index (χ4v) is 4.79. The van der Waals surface area contributed by atoms with Crippen LogP contribution >= 0.6 is 11.8 Å². The summed E-state index contributed by atoms with van der Waals surface area (Å²) in [7, 11) is 3.37. The van der Waals surface area contributed by atoms with Gasteiger partial charge in [-0.1, -0.05) is 65.4 Å². The van der Waals surface area contributed by atoms with Crippen molar-refractivity contribution in [2.24, 2.45) is 0 Å². The minimum Gasteiger partial charge on any atom is -0.507 e. The Hall–Kier alpha value is -2.73. The zero-order valence-electron chi connectivity index (χ0n) is 20.8. The molecule has 2 amide bonds. The number of benzene rings is 2. The molecule has 176 valence electrons. The highest BCUT2D eigenvalue weighted by molar-refractivity contribution is 8.04. The van der Waals surface area contributed by atoms with Crippen LogP contribution in [0.2, 0.25) is 0 Å². The number of carbonyl (C=O) groups is 2. The summed E-state index contributed by atoms with van der Waals surface area (Å²) < 4.78 is 0. The molecule has 0 spiro atoms. The molecular weight excluding hydrogens is 432 g/mol. The number of rotatable bonds is 3. The van der Waals surface area contributed by atoms with E-state index in [0.717, 1.165) is 27.3 Å². The number of para-hydroxylation sites is 1. The lowest BCUT2D eigenvalue weighted by molar-refractivity contribution is -0.128. The summed E-state index contributed by atoms with van der Waals surface area (Å²) in [4.78, 5) is 30.5. The van der Waals surface area contributed by atoms with E-state index in [0.29, 0.717) is 10.7 Å². The van der Waals surface area contributed by atoms with Crippen LogP contribution in [-0.4, -0.2) is 42.5 Å². The van der Waals surface area contributed by atoms with E-state index in [1.807, 2.05) is 42.5 Å². The molecule has 33 heavy (non-hydrogen) atoms. The summed E-state index contributed by atoms with van der Waals surface area (Å²) in [6.45, 7) is 12.4. The minimum atomic E-state index is -0.265. The van der Waals surface area contributed by atoms with Crippen molar-refractivity contribution < 1.29 is 14.7 Å². The van der Waals surface area contributed by atoms with Crippen LogP contribution in [0.25, 0.3) is 6.08 Å². The number of aromatic hydroxyl groups is 1. The molecular formula is C27H34N2O3S. The molecule has 5 nitrogen and oxygen atoms in total. The Kier molecular flexibility index (Phi) is 6.72. The molecule has 3 rings (SSSR count). The molecule has 0 bridgehead atoms. The van der Waals surface area contributed by atoms with Crippen molar-refractivity contribution in [1.29, 1.82) is 0 Å². The highest BCUT2D eigenvalue weighted by Crippen LogP contribution is 2.44. The second-order valence-electron chi connectivity index (χ2n) is 10.7. The van der Waals surface area contributed by atoms with Gasteiger partial charge < -0.3 is 10.0 Å². The number of phenols is 1. The average Bonchev–Trinajstić information content (AvgIpc) is 2.70. The van der Waals surface area contributed by atoms with Gasteiger partial charge in [0.25, 0.3) is 5.91 Å². The standard InChI is InChI=1S/C27H34N2O3S/c1-26(2,3)18-13-17(14-19(24(18)31)27(4,5)6)15-22-25(32)29(16-23(30)28(7)8)20-11-9-10-12-21(20)33-22/h9-15,31H,16H2,1-8H3. The van der Waals surface area contributed by atoms with E-state index in [9.17, 15) is 14.7 Å². The fourth-order valence-electron chi connectivity index (χ4n) is 3.73. The molecule has 6 heteroatoms. The number of nitrogens with zero attached hydrogens (tertiary/aromatic N) is 2. The molecule has 0 saturated carbocycles. The Bertz CT molecular complexity index is 1090. The zero-order valence-corrected chi connectivity index (χ0v) is 21.6. The molecule has 2 aromatic carbocycles. The largest absolute Gasteiger partial charge is 0.507 e. The van der Waals surface area contributed by atoms with Crippen LogP contribution in [0.3, 0.4) is 0 Å². The smallest absolute Gasteiger partial charge is 0.265 e. The van der Waals surface area contributed by atoms with E-state index < -0.39 is 0 Å². The highest BCUT2D eigenvalue weighted by atomic mass is 32.2. The van der Waals surface area contributed by atoms with Gasteiger partial charge in [-0.15, -0.1) is 0 Å². The van der Waals surface area contributed by atoms with Crippen molar-refractivity contribution in [3.8, 4) is 5.75 Å². The Labute approximate surface area is 201 Å². The summed E-state index contributed by atoms with van der Waals surface area (Å²) >= 11 is 1.41. The second kappa shape index (κ2) is 8.90. The van der Waals surface area contributed by atoms with E-state index in [-0.39, 0.29) is 29.2 Å². The molecule has 1 heterocycles. The molecule has 1 N–H and O–H groups in total. The number of amides is 2. The van der Waals surface area contributed by atoms with E-state index in [1.165, 1.54) is 16.7 Å². The number of carbonyl (C=O) groups excluding carboxylic acids is 2. The van der Waals surface area contributed by atoms with E-state index >= 15 is 0 Å². The maximum atomic E-state index is 13.5. The van der Waals surface area contributed by atoms with Crippen LogP contribution in [0.4, 0.5) is 5.69 Å². The second-order valence-corrected chi connectivity index (χ2v) is 11.8. The molecule has 0 aliphatic carbocycles. The number of hydrogen-bond acceptors (Lipinski definition) is 4. The third-order valence-electron chi connectivity index (χ3n) is 5.67. The van der Waals surface area contributed by atoms with E-state index in [4.69, 9.17) is 0 Å². The third-order valence-corrected chi connectivity index (χ3v) is 6.75. The highest BCUT2D eigenvalue weighted by Gasteiger charge is 2.32. The normalized spacial score (nSPS) is 15.6. The molecule has 2 aromatic rings. The summed E-state index contributed by atoms with van der Waals surface area (Å²) in [5, 5.41) is 11.0. The van der Waals surface area contributed by atoms with Crippen LogP contribution in [0, 0.1) is 0 Å². The predicted molar refractivity (Wildman–Crippen MR) is 137 cm³/mol. The first-order chi connectivity index (χ1) is 15.2. The van der Waals surface area contributed by atoms with Crippen LogP contribution < -0.4 is 4.90 Å². The quantitative estimate of drug-likeness (QED) is 0.602. The molecule has 0 atom stereocenters. The Morgan fingerprint density at radius 2 is 1.58 bits per heavy atom. The van der Waals surface area contributed by atoms with Crippen LogP contribution in [0.5, 0.6) is 5.75 Å².